The van der Waals surface area contributed by atoms with E-state index in [-0.39, 0.29) is 12.5 Å². The number of hydrogen-bond acceptors (Lipinski definition) is 4. The molecule has 2 N–H and O–H groups in total. The highest BCUT2D eigenvalue weighted by Crippen LogP contribution is 2.37. The highest BCUT2D eigenvalue weighted by molar-refractivity contribution is 6.10. The molecule has 4 amide bonds. The second-order valence-electron chi connectivity index (χ2n) is 8.95. The summed E-state index contributed by atoms with van der Waals surface area (Å²) in [7, 11) is 0. The van der Waals surface area contributed by atoms with Crippen molar-refractivity contribution in [2.24, 2.45) is 5.92 Å². The van der Waals surface area contributed by atoms with Crippen LogP contribution in [0.3, 0.4) is 0 Å². The van der Waals surface area contributed by atoms with Crippen molar-refractivity contribution in [3.8, 4) is 5.69 Å². The van der Waals surface area contributed by atoms with Crippen LogP contribution in [0.4, 0.5) is 10.5 Å². The monoisotopic (exact) mass is 445 g/mol. The molecule has 2 aromatic carbocycles. The molecule has 0 bridgehead atoms. The Balaban J connectivity index is 1.23. The topological polar surface area (TPSA) is 96.3 Å². The summed E-state index contributed by atoms with van der Waals surface area (Å²) in [6, 6.07) is 14.7. The van der Waals surface area contributed by atoms with E-state index in [1.54, 1.807) is 18.5 Å². The molecule has 1 saturated carbocycles. The lowest BCUT2D eigenvalue weighted by Crippen LogP contribution is -2.49. The Kier molecular flexibility index (Phi) is 5.36. The zero-order valence-corrected chi connectivity index (χ0v) is 18.6. The van der Waals surface area contributed by atoms with Crippen LogP contribution in [-0.4, -0.2) is 44.4 Å². The first-order valence-corrected chi connectivity index (χ1v) is 11.5. The minimum Gasteiger partial charge on any atom is -0.325 e. The molecule has 0 unspecified atom stereocenters. The van der Waals surface area contributed by atoms with Crippen molar-refractivity contribution >= 4 is 34.6 Å². The normalized spacial score (nSPS) is 22.7. The molecule has 1 saturated heterocycles. The van der Waals surface area contributed by atoms with E-state index in [1.807, 2.05) is 41.0 Å². The van der Waals surface area contributed by atoms with Crippen molar-refractivity contribution in [1.29, 1.82) is 0 Å². The molecule has 0 atom stereocenters. The molecular weight excluding hydrogens is 418 g/mol. The fraction of sp³-hybridized carbons (Fsp3) is 0.360. The molecule has 2 aliphatic rings. The van der Waals surface area contributed by atoms with Crippen LogP contribution in [0, 0.1) is 5.92 Å². The summed E-state index contributed by atoms with van der Waals surface area (Å²) in [5, 5.41) is 5.66. The lowest BCUT2D eigenvalue weighted by molar-refractivity contribution is -0.135. The molecule has 0 radical (unpaired) electrons. The van der Waals surface area contributed by atoms with Crippen molar-refractivity contribution < 1.29 is 14.4 Å². The lowest BCUT2D eigenvalue weighted by Gasteiger charge is -2.34. The third kappa shape index (κ3) is 3.86. The van der Waals surface area contributed by atoms with Crippen LogP contribution in [0.25, 0.3) is 16.7 Å². The number of aromatic nitrogens is 2. The van der Waals surface area contributed by atoms with Gasteiger partial charge in [0, 0.05) is 11.4 Å². The van der Waals surface area contributed by atoms with Gasteiger partial charge in [-0.2, -0.15) is 0 Å². The number of rotatable bonds is 5. The van der Waals surface area contributed by atoms with Crippen molar-refractivity contribution in [1.82, 2.24) is 19.8 Å². The Morgan fingerprint density at radius 1 is 1.12 bits per heavy atom. The van der Waals surface area contributed by atoms with Gasteiger partial charge in [-0.15, -0.1) is 0 Å². The fourth-order valence-corrected chi connectivity index (χ4v) is 4.95. The number of imidazole rings is 1. The molecule has 8 heteroatoms. The number of para-hydroxylation sites is 2. The fourth-order valence-electron chi connectivity index (χ4n) is 4.95. The van der Waals surface area contributed by atoms with Crippen LogP contribution in [-0.2, 0) is 9.59 Å². The Morgan fingerprint density at radius 3 is 2.58 bits per heavy atom. The summed E-state index contributed by atoms with van der Waals surface area (Å²) >= 11 is 0. The van der Waals surface area contributed by atoms with Gasteiger partial charge in [0.25, 0.3) is 5.91 Å². The predicted octanol–water partition coefficient (Wildman–Crippen LogP) is 3.85. The molecule has 5 rings (SSSR count). The smallest absolute Gasteiger partial charge is 0.325 e. The second kappa shape index (κ2) is 8.35. The van der Waals surface area contributed by atoms with Gasteiger partial charge in [-0.1, -0.05) is 25.5 Å². The number of carbonyl (C=O) groups excluding carboxylic acids is 3. The van der Waals surface area contributed by atoms with E-state index in [0.717, 1.165) is 40.9 Å². The van der Waals surface area contributed by atoms with Crippen LogP contribution < -0.4 is 10.6 Å². The van der Waals surface area contributed by atoms with Gasteiger partial charge in [0.15, 0.2) is 0 Å². The van der Waals surface area contributed by atoms with Gasteiger partial charge < -0.3 is 10.6 Å². The molecule has 1 aliphatic carbocycles. The number of imide groups is 1. The Labute approximate surface area is 192 Å². The van der Waals surface area contributed by atoms with Crippen LogP contribution in [0.1, 0.15) is 39.0 Å². The molecule has 33 heavy (non-hydrogen) atoms. The van der Waals surface area contributed by atoms with E-state index in [2.05, 4.69) is 22.5 Å². The number of amides is 4. The lowest BCUT2D eigenvalue weighted by atomic mass is 9.75. The average molecular weight is 446 g/mol. The molecule has 2 fully saturated rings. The van der Waals surface area contributed by atoms with Gasteiger partial charge in [0.05, 0.1) is 11.0 Å². The molecule has 1 spiro atoms. The summed E-state index contributed by atoms with van der Waals surface area (Å²) in [5.74, 6) is -0.0841. The van der Waals surface area contributed by atoms with E-state index in [0.29, 0.717) is 24.4 Å². The molecule has 1 aromatic heterocycles. The maximum Gasteiger partial charge on any atom is 0.325 e. The quantitative estimate of drug-likeness (QED) is 0.583. The third-order valence-electron chi connectivity index (χ3n) is 6.97. The van der Waals surface area contributed by atoms with Gasteiger partial charge in [-0.3, -0.25) is 19.1 Å². The zero-order chi connectivity index (χ0) is 23.0. The van der Waals surface area contributed by atoms with Crippen LogP contribution in [0.15, 0.2) is 54.9 Å². The SMILES string of the molecule is CCC1CCC2(CC1)NC(=O)N(CC(=O)Nc1ccc(-n3cnc4ccccc43)cc1)C2=O. The van der Waals surface area contributed by atoms with E-state index in [1.165, 1.54) is 0 Å². The molecule has 1 aliphatic heterocycles. The number of fused-ring (bicyclic) bond motifs is 1. The Hall–Kier alpha value is -3.68. The largest absolute Gasteiger partial charge is 0.325 e. The Morgan fingerprint density at radius 2 is 1.85 bits per heavy atom. The number of anilines is 1. The van der Waals surface area contributed by atoms with E-state index in [9.17, 15) is 14.4 Å². The summed E-state index contributed by atoms with van der Waals surface area (Å²) in [6.45, 7) is 1.86. The van der Waals surface area contributed by atoms with Crippen molar-refractivity contribution in [3.63, 3.8) is 0 Å². The van der Waals surface area contributed by atoms with Crippen LogP contribution in [0.5, 0.6) is 0 Å². The van der Waals surface area contributed by atoms with Crippen LogP contribution >= 0.6 is 0 Å². The van der Waals surface area contributed by atoms with Gasteiger partial charge in [-0.05, 0) is 68.0 Å². The minimum absolute atomic E-state index is 0.278. The van der Waals surface area contributed by atoms with Gasteiger partial charge >= 0.3 is 6.03 Å². The van der Waals surface area contributed by atoms with E-state index in [4.69, 9.17) is 0 Å². The number of urea groups is 1. The minimum atomic E-state index is -0.835. The standard InChI is InChI=1S/C25H27N5O3/c1-2-17-11-13-25(14-12-17)23(32)29(24(33)28-25)15-22(31)27-18-7-9-19(10-8-18)30-16-26-20-5-3-4-6-21(20)30/h3-10,16-17H,2,11-15H2,1H3,(H,27,31)(H,28,33). The molecule has 8 nitrogen and oxygen atoms in total. The second-order valence-corrected chi connectivity index (χ2v) is 8.95. The number of nitrogens with one attached hydrogen (secondary N) is 2. The first-order chi connectivity index (χ1) is 16.0. The van der Waals surface area contributed by atoms with Crippen LogP contribution in [0.2, 0.25) is 0 Å². The van der Waals surface area contributed by atoms with Crippen molar-refractivity contribution in [2.75, 3.05) is 11.9 Å². The van der Waals surface area contributed by atoms with E-state index >= 15 is 0 Å². The molecule has 3 aromatic rings. The first kappa shape index (κ1) is 21.2. The maximum atomic E-state index is 13.0. The van der Waals surface area contributed by atoms with Gasteiger partial charge in [0.2, 0.25) is 5.91 Å². The van der Waals surface area contributed by atoms with Gasteiger partial charge in [0.1, 0.15) is 18.4 Å². The zero-order valence-electron chi connectivity index (χ0n) is 18.6. The molecular formula is C25H27N5O3. The van der Waals surface area contributed by atoms with Crippen molar-refractivity contribution in [2.45, 2.75) is 44.6 Å². The highest BCUT2D eigenvalue weighted by Gasteiger charge is 2.52. The summed E-state index contributed by atoms with van der Waals surface area (Å²) < 4.78 is 1.97. The van der Waals surface area contributed by atoms with E-state index < -0.39 is 17.5 Å². The molecule has 2 heterocycles. The summed E-state index contributed by atoms with van der Waals surface area (Å²) in [6.07, 6.45) is 5.96. The number of benzene rings is 2. The van der Waals surface area contributed by atoms with Gasteiger partial charge in [-0.25, -0.2) is 9.78 Å². The third-order valence-corrected chi connectivity index (χ3v) is 6.97. The number of hydrogen-bond donors (Lipinski definition) is 2. The van der Waals surface area contributed by atoms with Crippen molar-refractivity contribution in [3.05, 3.63) is 54.9 Å². The summed E-state index contributed by atoms with van der Waals surface area (Å²) in [5.41, 5.74) is 2.58. The molecule has 170 valence electrons. The number of carbonyl (C=O) groups is 3. The predicted molar refractivity (Wildman–Crippen MR) is 125 cm³/mol. The number of nitrogens with zero attached hydrogens (tertiary/aromatic N) is 3. The highest BCUT2D eigenvalue weighted by atomic mass is 16.2. The first-order valence-electron chi connectivity index (χ1n) is 11.5. The maximum absolute atomic E-state index is 13.0. The Bertz CT molecular complexity index is 1210. The summed E-state index contributed by atoms with van der Waals surface area (Å²) in [4.78, 5) is 43.6. The average Bonchev–Trinajstić information content (AvgIpc) is 3.35.